The Morgan fingerprint density at radius 2 is 1.58 bits per heavy atom. The first kappa shape index (κ1) is 43.9. The van der Waals surface area contributed by atoms with Crippen LogP contribution in [0.15, 0.2) is 72.8 Å². The van der Waals surface area contributed by atoms with E-state index in [2.05, 4.69) is 10.6 Å². The van der Waals surface area contributed by atoms with Gasteiger partial charge in [-0.25, -0.2) is 19.4 Å². The summed E-state index contributed by atoms with van der Waals surface area (Å²) in [6.07, 6.45) is -4.03. The summed E-state index contributed by atoms with van der Waals surface area (Å²) < 4.78 is 23.9. The Bertz CT molecular complexity index is 1920. The fourth-order valence-corrected chi connectivity index (χ4v) is 9.59. The van der Waals surface area contributed by atoms with Crippen molar-refractivity contribution in [1.29, 1.82) is 0 Å². The molecular weight excluding hydrogens is 764 g/mol. The molecule has 2 unspecified atom stereocenters. The first-order valence-corrected chi connectivity index (χ1v) is 20.0. The zero-order valence-electron chi connectivity index (χ0n) is 34.7. The Morgan fingerprint density at radius 3 is 2.15 bits per heavy atom. The fraction of sp³-hybridized carbons (Fsp3) is 0.568. The summed E-state index contributed by atoms with van der Waals surface area (Å²) in [5, 5.41) is 30.7. The molecule has 3 aliphatic carbocycles. The summed E-state index contributed by atoms with van der Waals surface area (Å²) in [6.45, 7) is 12.7. The fourth-order valence-electron chi connectivity index (χ4n) is 9.59. The normalized spacial score (nSPS) is 32.9. The Balaban J connectivity index is 1.44. The molecule has 3 fully saturated rings. The number of ketones is 1. The number of carbonyl (C=O) groups excluding carboxylic acids is 5. The highest BCUT2D eigenvalue weighted by molar-refractivity contribution is 5.90. The van der Waals surface area contributed by atoms with Crippen LogP contribution in [0.25, 0.3) is 0 Å². The lowest BCUT2D eigenvalue weighted by Crippen LogP contribution is -2.78. The molecular formula is C44H56N2O13. The van der Waals surface area contributed by atoms with Gasteiger partial charge in [0.25, 0.3) is 0 Å². The molecule has 1 saturated heterocycles. The minimum Gasteiger partial charge on any atom is -0.460 e. The zero-order valence-corrected chi connectivity index (χ0v) is 34.7. The van der Waals surface area contributed by atoms with Crippen LogP contribution in [0.4, 0.5) is 4.79 Å². The molecule has 2 bridgehead atoms. The molecule has 6 rings (SSSR count). The van der Waals surface area contributed by atoms with Crippen LogP contribution < -0.4 is 10.6 Å². The largest absolute Gasteiger partial charge is 0.460 e. The number of aliphatic hydroxyl groups excluding tert-OH is 1. The van der Waals surface area contributed by atoms with E-state index in [0.29, 0.717) is 5.56 Å². The number of hydrogen-bond acceptors (Lipinski definition) is 13. The highest BCUT2D eigenvalue weighted by Gasteiger charge is 2.74. The zero-order chi connectivity index (χ0) is 43.1. The van der Waals surface area contributed by atoms with Crippen LogP contribution in [-0.4, -0.2) is 93.8 Å². The molecule has 0 spiro atoms. The van der Waals surface area contributed by atoms with E-state index in [1.54, 1.807) is 84.0 Å². The van der Waals surface area contributed by atoms with Crippen LogP contribution in [0.3, 0.4) is 0 Å². The summed E-state index contributed by atoms with van der Waals surface area (Å²) in [7, 11) is 0. The predicted molar refractivity (Wildman–Crippen MR) is 210 cm³/mol. The molecule has 2 amide bonds. The monoisotopic (exact) mass is 820 g/mol. The number of ether oxygens (including phenoxy) is 4. The average molecular weight is 821 g/mol. The number of hydrogen-bond donors (Lipinski definition) is 4. The topological polar surface area (TPSA) is 205 Å². The maximum absolute atomic E-state index is 15.1. The van der Waals surface area contributed by atoms with E-state index in [-0.39, 0.29) is 19.6 Å². The molecule has 0 aromatic heterocycles. The van der Waals surface area contributed by atoms with Crippen LogP contribution >= 0.6 is 0 Å². The lowest BCUT2D eigenvalue weighted by atomic mass is 9.46. The van der Waals surface area contributed by atoms with E-state index >= 15 is 4.79 Å². The first-order valence-electron chi connectivity index (χ1n) is 20.0. The van der Waals surface area contributed by atoms with Gasteiger partial charge in [-0.15, -0.1) is 0 Å². The van der Waals surface area contributed by atoms with Gasteiger partial charge >= 0.3 is 23.9 Å². The second-order valence-electron chi connectivity index (χ2n) is 17.8. The van der Waals surface area contributed by atoms with E-state index in [4.69, 9.17) is 28.7 Å². The average Bonchev–Trinajstić information content (AvgIpc) is 3.15. The van der Waals surface area contributed by atoms with Crippen LogP contribution in [0, 0.1) is 29.1 Å². The summed E-state index contributed by atoms with van der Waals surface area (Å²) in [5.41, 5.74) is -4.46. The van der Waals surface area contributed by atoms with Gasteiger partial charge < -0.3 is 39.8 Å². The third kappa shape index (κ3) is 8.53. The summed E-state index contributed by atoms with van der Waals surface area (Å²) in [4.78, 5) is 80.2. The van der Waals surface area contributed by atoms with E-state index in [1.165, 1.54) is 13.8 Å². The van der Waals surface area contributed by atoms with E-state index < -0.39 is 112 Å². The highest BCUT2D eigenvalue weighted by Crippen LogP contribution is 2.61. The number of allylic oxidation sites excluding steroid dienone is 1. The van der Waals surface area contributed by atoms with Gasteiger partial charge in [0.05, 0.1) is 12.6 Å². The van der Waals surface area contributed by atoms with E-state index in [9.17, 15) is 29.4 Å². The van der Waals surface area contributed by atoms with Crippen molar-refractivity contribution in [3.05, 3.63) is 83.9 Å². The van der Waals surface area contributed by atoms with Crippen molar-refractivity contribution < 1.29 is 62.9 Å². The molecule has 2 aromatic carbocycles. The maximum Gasteiger partial charge on any atom is 0.337 e. The quantitative estimate of drug-likeness (QED) is 0.0832. The number of Topliss-reactive ketones (excluding diaryl/α,β-unsaturated/α-hetero) is 1. The number of carbonyl (C=O) groups is 5. The second kappa shape index (κ2) is 16.8. The van der Waals surface area contributed by atoms with Crippen molar-refractivity contribution in [2.45, 2.75) is 122 Å². The Labute approximate surface area is 344 Å². The van der Waals surface area contributed by atoms with E-state index in [0.717, 1.165) is 5.56 Å². The molecule has 0 radical (unpaired) electrons. The van der Waals surface area contributed by atoms with Crippen LogP contribution in [-0.2, 0) is 54.5 Å². The maximum atomic E-state index is 15.1. The summed E-state index contributed by atoms with van der Waals surface area (Å²) >= 11 is 0. The minimum atomic E-state index is -2.08. The minimum absolute atomic E-state index is 0.0628. The molecule has 2 saturated carbocycles. The van der Waals surface area contributed by atoms with Crippen molar-refractivity contribution >= 4 is 29.7 Å². The Hall–Kier alpha value is -4.67. The van der Waals surface area contributed by atoms with Crippen molar-refractivity contribution in [2.24, 2.45) is 29.1 Å². The van der Waals surface area contributed by atoms with Gasteiger partial charge in [-0.3, -0.25) is 14.4 Å². The molecule has 1 aliphatic heterocycles. The van der Waals surface area contributed by atoms with Crippen molar-refractivity contribution in [2.75, 3.05) is 6.61 Å². The molecule has 4 N–H and O–H groups in total. The van der Waals surface area contributed by atoms with Crippen LogP contribution in [0.5, 0.6) is 0 Å². The number of esters is 3. The number of fused-ring (bicyclic) bond motifs is 5. The SMILES string of the molecule is CC(=O)O[C@H]1C(=O)[C@H]2C=C[C@H]3OC[C@@]3(OC(C)=O)[C@H]2[C@H](OOCc2ccccc2)[C@]2(O)C[C@H](OC(=O)[C@H](O)[C@@H](NC(=O)NC(C)(C)C)c3ccccc3)C(C)C1C2(C)C. The summed E-state index contributed by atoms with van der Waals surface area (Å²) in [6, 6.07) is 15.6. The second-order valence-corrected chi connectivity index (χ2v) is 17.8. The molecule has 1 heterocycles. The molecule has 15 heteroatoms. The lowest BCUT2D eigenvalue weighted by molar-refractivity contribution is -0.412. The van der Waals surface area contributed by atoms with Gasteiger partial charge in [-0.05, 0) is 31.9 Å². The van der Waals surface area contributed by atoms with Gasteiger partial charge in [-0.2, -0.15) is 0 Å². The molecule has 320 valence electrons. The predicted octanol–water partition coefficient (Wildman–Crippen LogP) is 4.05. The first-order chi connectivity index (χ1) is 27.7. The van der Waals surface area contributed by atoms with Gasteiger partial charge in [0.2, 0.25) is 0 Å². The van der Waals surface area contributed by atoms with Crippen molar-refractivity contribution in [3.8, 4) is 0 Å². The molecule has 59 heavy (non-hydrogen) atoms. The van der Waals surface area contributed by atoms with Crippen LogP contribution in [0.1, 0.15) is 79.0 Å². The van der Waals surface area contributed by atoms with Gasteiger partial charge in [0.1, 0.15) is 30.5 Å². The number of benzene rings is 2. The number of urea groups is 1. The third-order valence-corrected chi connectivity index (χ3v) is 12.4. The Morgan fingerprint density at radius 1 is 0.932 bits per heavy atom. The van der Waals surface area contributed by atoms with Crippen LogP contribution in [0.2, 0.25) is 0 Å². The molecule has 2 aromatic rings. The molecule has 4 aliphatic rings. The smallest absolute Gasteiger partial charge is 0.337 e. The molecule has 12 atom stereocenters. The van der Waals surface area contributed by atoms with E-state index in [1.807, 2.05) is 30.3 Å². The number of aliphatic hydroxyl groups is 2. The van der Waals surface area contributed by atoms with Gasteiger partial charge in [0, 0.05) is 54.9 Å². The van der Waals surface area contributed by atoms with Gasteiger partial charge in [0.15, 0.2) is 23.6 Å². The van der Waals surface area contributed by atoms with Crippen molar-refractivity contribution in [1.82, 2.24) is 10.6 Å². The standard InChI is InChI=1S/C44H56N2O13/c1-24-30(57-39(51)36(50)34(28-17-13-10-14-18-28)45-40(52)46-41(4,5)6)21-44(53)38(59-55-22-27-15-11-9-12-16-27)33-29(19-20-31-43(33,23-54-31)58-26(3)48)35(49)37(56-25(2)47)32(24)42(44,7)8/h9-20,24,29-34,36-38,50,53H,21-23H2,1-8H3,(H2,45,46,52)/t24?,29-,30-,31+,32?,33+,34-,36+,37+,38-,43-,44+/m0/s1. The number of amides is 2. The summed E-state index contributed by atoms with van der Waals surface area (Å²) in [5.74, 6) is -7.17. The number of nitrogens with one attached hydrogen (secondary N) is 2. The highest BCUT2D eigenvalue weighted by atomic mass is 17.2. The third-order valence-electron chi connectivity index (χ3n) is 12.4. The lowest BCUT2D eigenvalue weighted by Gasteiger charge is -2.65. The van der Waals surface area contributed by atoms with Crippen molar-refractivity contribution in [3.63, 3.8) is 0 Å². The number of rotatable bonds is 11. The van der Waals surface area contributed by atoms with Gasteiger partial charge in [-0.1, -0.05) is 93.6 Å². The molecule has 15 nitrogen and oxygen atoms in total. The Kier molecular flexibility index (Phi) is 12.5.